The third-order valence-electron chi connectivity index (χ3n) is 4.23. The highest BCUT2D eigenvalue weighted by Gasteiger charge is 1.99. The highest BCUT2D eigenvalue weighted by molar-refractivity contribution is 7.11. The highest BCUT2D eigenvalue weighted by Crippen LogP contribution is 2.14. The van der Waals surface area contributed by atoms with Gasteiger partial charge in [-0.25, -0.2) is 0 Å². The van der Waals surface area contributed by atoms with Crippen LogP contribution in [0.25, 0.3) is 0 Å². The van der Waals surface area contributed by atoms with Crippen molar-refractivity contribution in [3.63, 3.8) is 0 Å². The third-order valence-corrected chi connectivity index (χ3v) is 6.61. The minimum Gasteiger partial charge on any atom is -0.149 e. The first-order valence-electron chi connectivity index (χ1n) is 8.87. The normalized spacial score (nSPS) is 11.2. The molecule has 0 spiro atoms. The molecule has 1 aromatic rings. The summed E-state index contributed by atoms with van der Waals surface area (Å²) in [5, 5.41) is 3.90. The molecule has 2 heteroatoms. The number of thiophene rings is 1. The number of rotatable bonds is 13. The molecule has 0 atom stereocenters. The van der Waals surface area contributed by atoms with Crippen molar-refractivity contribution in [3.05, 3.63) is 16.3 Å². The van der Waals surface area contributed by atoms with Crippen LogP contribution in [0.2, 0.25) is 0 Å². The summed E-state index contributed by atoms with van der Waals surface area (Å²) in [4.78, 5) is 1.67. The van der Waals surface area contributed by atoms with Gasteiger partial charge in [0.25, 0.3) is 0 Å². The van der Waals surface area contributed by atoms with Crippen molar-refractivity contribution in [1.29, 1.82) is 0 Å². The molecule has 0 aromatic carbocycles. The van der Waals surface area contributed by atoms with Gasteiger partial charge in [-0.05, 0) is 18.2 Å². The van der Waals surface area contributed by atoms with Gasteiger partial charge in [-0.15, -0.1) is 11.3 Å². The maximum atomic E-state index is 2.31. The lowest BCUT2D eigenvalue weighted by Crippen LogP contribution is -2.03. The second-order valence-electron chi connectivity index (χ2n) is 6.17. The van der Waals surface area contributed by atoms with Gasteiger partial charge in [0, 0.05) is 15.1 Å². The second kappa shape index (κ2) is 12.6. The van der Waals surface area contributed by atoms with E-state index in [4.69, 9.17) is 0 Å². The van der Waals surface area contributed by atoms with Crippen molar-refractivity contribution in [2.24, 2.45) is 0 Å². The molecule has 0 saturated carbocycles. The SMILES string of the molecule is CCCCCCCCCCCCCCc1sccc1[SiH3]. The van der Waals surface area contributed by atoms with Gasteiger partial charge in [0.2, 0.25) is 0 Å². The van der Waals surface area contributed by atoms with E-state index in [0.29, 0.717) is 0 Å². The molecular weight excluding hydrogens is 276 g/mol. The highest BCUT2D eigenvalue weighted by atomic mass is 32.1. The summed E-state index contributed by atoms with van der Waals surface area (Å²) in [5.41, 5.74) is 0. The molecule has 0 bridgehead atoms. The van der Waals surface area contributed by atoms with E-state index in [2.05, 4.69) is 18.4 Å². The lowest BCUT2D eigenvalue weighted by atomic mass is 10.0. The Hall–Kier alpha value is -0.0831. The summed E-state index contributed by atoms with van der Waals surface area (Å²) in [5.74, 6) is 0. The van der Waals surface area contributed by atoms with E-state index in [1.807, 2.05) is 11.3 Å². The first kappa shape index (κ1) is 18.0. The number of hydrogen-bond donors (Lipinski definition) is 0. The fourth-order valence-electron chi connectivity index (χ4n) is 2.79. The Kier molecular flexibility index (Phi) is 11.4. The third kappa shape index (κ3) is 8.96. The van der Waals surface area contributed by atoms with Gasteiger partial charge < -0.3 is 0 Å². The number of aryl methyl sites for hydroxylation is 1. The van der Waals surface area contributed by atoms with Crippen molar-refractivity contribution in [2.45, 2.75) is 90.4 Å². The Balaban J connectivity index is 1.78. The van der Waals surface area contributed by atoms with E-state index in [-0.39, 0.29) is 0 Å². The standard InChI is InChI=1S/C18H34SSi/c1-2-3-4-5-6-7-8-9-10-11-12-13-14-17-18(20)15-16-19-17/h15-16H,2-14H2,1,20H3. The summed E-state index contributed by atoms with van der Waals surface area (Å²) in [6.45, 7) is 2.29. The Labute approximate surface area is 133 Å². The van der Waals surface area contributed by atoms with E-state index in [9.17, 15) is 0 Å². The molecule has 0 aliphatic rings. The Morgan fingerprint density at radius 2 is 1.30 bits per heavy atom. The molecule has 1 aromatic heterocycles. The van der Waals surface area contributed by atoms with E-state index in [0.717, 1.165) is 0 Å². The first-order valence-corrected chi connectivity index (χ1v) is 10.8. The molecule has 0 nitrogen and oxygen atoms in total. The largest absolute Gasteiger partial charge is 0.149 e. The molecule has 0 aliphatic heterocycles. The van der Waals surface area contributed by atoms with Crippen molar-refractivity contribution in [1.82, 2.24) is 0 Å². The summed E-state index contributed by atoms with van der Waals surface area (Å²) in [6, 6.07) is 2.31. The maximum Gasteiger partial charge on any atom is 0.0399 e. The molecule has 1 rings (SSSR count). The second-order valence-corrected chi connectivity index (χ2v) is 8.24. The molecule has 0 fully saturated rings. The van der Waals surface area contributed by atoms with Crippen molar-refractivity contribution in [2.75, 3.05) is 0 Å². The van der Waals surface area contributed by atoms with Gasteiger partial charge in [0.15, 0.2) is 0 Å². The minimum absolute atomic E-state index is 1.23. The van der Waals surface area contributed by atoms with Gasteiger partial charge in [-0.3, -0.25) is 0 Å². The zero-order chi connectivity index (χ0) is 14.5. The summed E-state index contributed by atoms with van der Waals surface area (Å²) in [7, 11) is 1.23. The fourth-order valence-corrected chi connectivity index (χ4v) is 4.75. The quantitative estimate of drug-likeness (QED) is 0.356. The van der Waals surface area contributed by atoms with Gasteiger partial charge in [-0.2, -0.15) is 0 Å². The number of unbranched alkanes of at least 4 members (excludes halogenated alkanes) is 11. The van der Waals surface area contributed by atoms with E-state index < -0.39 is 0 Å². The summed E-state index contributed by atoms with van der Waals surface area (Å²) >= 11 is 1.97. The molecule has 0 amide bonds. The van der Waals surface area contributed by atoms with Crippen molar-refractivity contribution >= 4 is 26.8 Å². The lowest BCUT2D eigenvalue weighted by molar-refractivity contribution is 0.544. The molecule has 20 heavy (non-hydrogen) atoms. The smallest absolute Gasteiger partial charge is 0.0399 e. The first-order chi connectivity index (χ1) is 9.84. The zero-order valence-electron chi connectivity index (χ0n) is 13.8. The molecule has 0 unspecified atom stereocenters. The van der Waals surface area contributed by atoms with Crippen LogP contribution >= 0.6 is 11.3 Å². The predicted molar refractivity (Wildman–Crippen MR) is 98.7 cm³/mol. The number of hydrogen-bond acceptors (Lipinski definition) is 1. The molecule has 116 valence electrons. The maximum absolute atomic E-state index is 2.31. The van der Waals surface area contributed by atoms with Crippen LogP contribution in [0.4, 0.5) is 0 Å². The van der Waals surface area contributed by atoms with Crippen LogP contribution < -0.4 is 5.19 Å². The van der Waals surface area contributed by atoms with Crippen LogP contribution in [0.15, 0.2) is 11.4 Å². The Morgan fingerprint density at radius 3 is 1.75 bits per heavy atom. The molecule has 1 heterocycles. The summed E-state index contributed by atoms with van der Waals surface area (Å²) in [6.07, 6.45) is 18.7. The zero-order valence-corrected chi connectivity index (χ0v) is 16.6. The topological polar surface area (TPSA) is 0 Å². The Morgan fingerprint density at radius 1 is 0.800 bits per heavy atom. The summed E-state index contributed by atoms with van der Waals surface area (Å²) < 4.78 is 0. The van der Waals surface area contributed by atoms with Crippen LogP contribution in [0.5, 0.6) is 0 Å². The lowest BCUT2D eigenvalue weighted by Gasteiger charge is -2.03. The van der Waals surface area contributed by atoms with Gasteiger partial charge >= 0.3 is 0 Å². The minimum atomic E-state index is 1.23. The van der Waals surface area contributed by atoms with Crippen molar-refractivity contribution < 1.29 is 0 Å². The average molecular weight is 311 g/mol. The van der Waals surface area contributed by atoms with E-state index in [1.165, 1.54) is 93.7 Å². The van der Waals surface area contributed by atoms with Crippen LogP contribution in [0, 0.1) is 0 Å². The van der Waals surface area contributed by atoms with Crippen LogP contribution in [0.3, 0.4) is 0 Å². The van der Waals surface area contributed by atoms with Gasteiger partial charge in [0.1, 0.15) is 0 Å². The predicted octanol–water partition coefficient (Wildman–Crippen LogP) is 4.98. The molecule has 0 N–H and O–H groups in total. The van der Waals surface area contributed by atoms with Crippen LogP contribution in [-0.4, -0.2) is 10.2 Å². The van der Waals surface area contributed by atoms with E-state index >= 15 is 0 Å². The van der Waals surface area contributed by atoms with Gasteiger partial charge in [-0.1, -0.05) is 88.8 Å². The van der Waals surface area contributed by atoms with Crippen molar-refractivity contribution in [3.8, 4) is 0 Å². The Bertz CT molecular complexity index is 319. The van der Waals surface area contributed by atoms with Crippen LogP contribution in [0.1, 0.15) is 88.9 Å². The van der Waals surface area contributed by atoms with E-state index in [1.54, 1.807) is 10.1 Å². The van der Waals surface area contributed by atoms with Gasteiger partial charge in [0.05, 0.1) is 0 Å². The monoisotopic (exact) mass is 310 g/mol. The molecular formula is C18H34SSi. The van der Waals surface area contributed by atoms with Crippen LogP contribution in [-0.2, 0) is 6.42 Å². The average Bonchev–Trinajstić information content (AvgIpc) is 2.85. The molecule has 0 aliphatic carbocycles. The fraction of sp³-hybridized carbons (Fsp3) is 0.778. The molecule has 0 saturated heterocycles. The molecule has 0 radical (unpaired) electrons.